The summed E-state index contributed by atoms with van der Waals surface area (Å²) in [5, 5.41) is 11.4. The Morgan fingerprint density at radius 2 is 1.94 bits per heavy atom. The number of hydrogen-bond acceptors (Lipinski definition) is 7. The standard InChI is InChI=1S/C23H21F3N4O5/c1-14-3-2-8-29-20(31)12-17(27-21(14)29)13-35-22(32)15-6-9-28(10-7-15)18-5-4-16(23(24,25)26)11-19(18)30(33)34/h2-5,8,11-12,15H,6-7,9-10,13H2,1H3. The minimum absolute atomic E-state index is 0.0750. The molecule has 1 aliphatic rings. The largest absolute Gasteiger partial charge is 0.459 e. The van der Waals surface area contributed by atoms with Gasteiger partial charge in [-0.05, 0) is 43.5 Å². The van der Waals surface area contributed by atoms with Crippen molar-refractivity contribution in [2.24, 2.45) is 5.92 Å². The van der Waals surface area contributed by atoms with Crippen molar-refractivity contribution in [3.63, 3.8) is 0 Å². The Morgan fingerprint density at radius 1 is 1.23 bits per heavy atom. The van der Waals surface area contributed by atoms with Crippen LogP contribution in [0.1, 0.15) is 29.7 Å². The number of nitrogens with zero attached hydrogens (tertiary/aromatic N) is 4. The number of esters is 1. The lowest BCUT2D eigenvalue weighted by atomic mass is 9.96. The van der Waals surface area contributed by atoms with Gasteiger partial charge in [-0.25, -0.2) is 4.98 Å². The number of pyridine rings is 1. The highest BCUT2D eigenvalue weighted by Gasteiger charge is 2.35. The van der Waals surface area contributed by atoms with E-state index in [2.05, 4.69) is 4.98 Å². The van der Waals surface area contributed by atoms with Gasteiger partial charge in [0.05, 0.1) is 22.1 Å². The summed E-state index contributed by atoms with van der Waals surface area (Å²) in [5.41, 5.74) is -0.369. The van der Waals surface area contributed by atoms with Crippen molar-refractivity contribution in [2.45, 2.75) is 32.5 Å². The van der Waals surface area contributed by atoms with Gasteiger partial charge in [0.2, 0.25) is 0 Å². The number of nitro benzene ring substituents is 1. The molecule has 2 aromatic heterocycles. The van der Waals surface area contributed by atoms with Crippen molar-refractivity contribution >= 4 is 23.0 Å². The molecule has 9 nitrogen and oxygen atoms in total. The Hall–Kier alpha value is -3.96. The molecule has 35 heavy (non-hydrogen) atoms. The zero-order valence-electron chi connectivity index (χ0n) is 18.6. The average Bonchev–Trinajstić information content (AvgIpc) is 2.82. The van der Waals surface area contributed by atoms with Crippen LogP contribution < -0.4 is 10.5 Å². The molecule has 3 heterocycles. The third kappa shape index (κ3) is 5.10. The van der Waals surface area contributed by atoms with Gasteiger partial charge in [-0.2, -0.15) is 13.2 Å². The molecule has 0 radical (unpaired) electrons. The topological polar surface area (TPSA) is 107 Å². The van der Waals surface area contributed by atoms with E-state index in [-0.39, 0.29) is 30.9 Å². The van der Waals surface area contributed by atoms with Crippen LogP contribution in [0.5, 0.6) is 0 Å². The lowest BCUT2D eigenvalue weighted by Gasteiger charge is -2.32. The van der Waals surface area contributed by atoms with Gasteiger partial charge in [-0.3, -0.25) is 24.1 Å². The first-order chi connectivity index (χ1) is 16.5. The zero-order valence-corrected chi connectivity index (χ0v) is 18.6. The van der Waals surface area contributed by atoms with E-state index in [4.69, 9.17) is 4.74 Å². The van der Waals surface area contributed by atoms with E-state index in [9.17, 15) is 32.9 Å². The van der Waals surface area contributed by atoms with E-state index in [1.54, 1.807) is 17.2 Å². The molecule has 0 bridgehead atoms. The fourth-order valence-corrected chi connectivity index (χ4v) is 4.12. The molecule has 184 valence electrons. The molecule has 0 unspecified atom stereocenters. The minimum Gasteiger partial charge on any atom is -0.459 e. The maximum absolute atomic E-state index is 12.9. The molecule has 0 N–H and O–H groups in total. The van der Waals surface area contributed by atoms with Gasteiger partial charge in [-0.15, -0.1) is 0 Å². The van der Waals surface area contributed by atoms with Gasteiger partial charge >= 0.3 is 12.1 Å². The molecular weight excluding hydrogens is 469 g/mol. The number of nitro groups is 1. The quantitative estimate of drug-likeness (QED) is 0.303. The van der Waals surface area contributed by atoms with E-state index >= 15 is 0 Å². The third-order valence-electron chi connectivity index (χ3n) is 5.97. The lowest BCUT2D eigenvalue weighted by Crippen LogP contribution is -2.37. The molecule has 0 amide bonds. The summed E-state index contributed by atoms with van der Waals surface area (Å²) in [5.74, 6) is -0.971. The van der Waals surface area contributed by atoms with E-state index < -0.39 is 34.2 Å². The number of alkyl halides is 3. The summed E-state index contributed by atoms with van der Waals surface area (Å²) < 4.78 is 45.6. The highest BCUT2D eigenvalue weighted by Crippen LogP contribution is 2.37. The van der Waals surface area contributed by atoms with Gasteiger partial charge in [-0.1, -0.05) is 6.07 Å². The van der Waals surface area contributed by atoms with Crippen LogP contribution in [0.4, 0.5) is 24.5 Å². The van der Waals surface area contributed by atoms with Crippen LogP contribution in [-0.2, 0) is 22.3 Å². The second-order valence-corrected chi connectivity index (χ2v) is 8.30. The summed E-state index contributed by atoms with van der Waals surface area (Å²) in [4.78, 5) is 41.4. The number of aromatic nitrogens is 2. The van der Waals surface area contributed by atoms with E-state index in [0.717, 1.165) is 17.7 Å². The van der Waals surface area contributed by atoms with E-state index in [0.29, 0.717) is 30.2 Å². The number of anilines is 1. The van der Waals surface area contributed by atoms with E-state index in [1.807, 2.05) is 13.0 Å². The van der Waals surface area contributed by atoms with E-state index in [1.165, 1.54) is 10.5 Å². The predicted molar refractivity (Wildman–Crippen MR) is 119 cm³/mol. The molecule has 12 heteroatoms. The Morgan fingerprint density at radius 3 is 2.60 bits per heavy atom. The smallest absolute Gasteiger partial charge is 0.416 e. The highest BCUT2D eigenvalue weighted by molar-refractivity contribution is 5.73. The van der Waals surface area contributed by atoms with Crippen LogP contribution in [-0.4, -0.2) is 33.4 Å². The summed E-state index contributed by atoms with van der Waals surface area (Å²) in [6, 6.07) is 7.26. The van der Waals surface area contributed by atoms with Gasteiger partial charge in [0.15, 0.2) is 0 Å². The second kappa shape index (κ2) is 9.35. The van der Waals surface area contributed by atoms with Crippen molar-refractivity contribution in [2.75, 3.05) is 18.0 Å². The van der Waals surface area contributed by atoms with Crippen molar-refractivity contribution in [1.82, 2.24) is 9.38 Å². The Labute approximate surface area is 196 Å². The molecule has 1 fully saturated rings. The fourth-order valence-electron chi connectivity index (χ4n) is 4.12. The molecule has 0 atom stereocenters. The number of carbonyl (C=O) groups is 1. The zero-order chi connectivity index (χ0) is 25.3. The molecule has 1 aromatic carbocycles. The van der Waals surface area contributed by atoms with Crippen LogP contribution in [0.2, 0.25) is 0 Å². The maximum atomic E-state index is 12.9. The van der Waals surface area contributed by atoms with Crippen molar-refractivity contribution in [3.05, 3.63) is 79.9 Å². The van der Waals surface area contributed by atoms with Crippen molar-refractivity contribution in [3.8, 4) is 0 Å². The number of fused-ring (bicyclic) bond motifs is 1. The predicted octanol–water partition coefficient (Wildman–Crippen LogP) is 3.89. The third-order valence-corrected chi connectivity index (χ3v) is 5.97. The summed E-state index contributed by atoms with van der Waals surface area (Å²) >= 11 is 0. The Bertz CT molecular complexity index is 1350. The number of hydrogen-bond donors (Lipinski definition) is 0. The average molecular weight is 490 g/mol. The number of ether oxygens (including phenoxy) is 1. The number of rotatable bonds is 5. The molecule has 0 aliphatic carbocycles. The van der Waals surface area contributed by atoms with Crippen LogP contribution >= 0.6 is 0 Å². The number of carbonyl (C=O) groups excluding carboxylic acids is 1. The molecule has 0 spiro atoms. The fraction of sp³-hybridized carbons (Fsp3) is 0.348. The van der Waals surface area contributed by atoms with Gasteiger partial charge < -0.3 is 9.64 Å². The molecule has 1 aliphatic heterocycles. The summed E-state index contributed by atoms with van der Waals surface area (Å²) in [7, 11) is 0. The normalized spacial score (nSPS) is 14.8. The Balaban J connectivity index is 1.40. The number of benzene rings is 1. The summed E-state index contributed by atoms with van der Waals surface area (Å²) in [6.45, 7) is 2.11. The number of piperidine rings is 1. The molecule has 3 aromatic rings. The van der Waals surface area contributed by atoms with Crippen molar-refractivity contribution < 1.29 is 27.6 Å². The van der Waals surface area contributed by atoms with Gasteiger partial charge in [0.1, 0.15) is 17.9 Å². The minimum atomic E-state index is -4.69. The number of aryl methyl sites for hydroxylation is 1. The van der Waals surface area contributed by atoms with Crippen LogP contribution in [0.25, 0.3) is 5.65 Å². The highest BCUT2D eigenvalue weighted by atomic mass is 19.4. The van der Waals surface area contributed by atoms with Crippen LogP contribution in [0.3, 0.4) is 0 Å². The molecular formula is C23H21F3N4O5. The van der Waals surface area contributed by atoms with Crippen LogP contribution in [0.15, 0.2) is 47.4 Å². The summed E-state index contributed by atoms with van der Waals surface area (Å²) in [6.07, 6.45) is -2.47. The van der Waals surface area contributed by atoms with Gasteiger partial charge in [0, 0.05) is 31.4 Å². The molecule has 1 saturated heterocycles. The first-order valence-electron chi connectivity index (χ1n) is 10.8. The lowest BCUT2D eigenvalue weighted by molar-refractivity contribution is -0.384. The SMILES string of the molecule is Cc1cccn2c(=O)cc(COC(=O)C3CCN(c4ccc(C(F)(F)F)cc4[N+](=O)[O-])CC3)nc12. The first-order valence-corrected chi connectivity index (χ1v) is 10.8. The maximum Gasteiger partial charge on any atom is 0.416 e. The monoisotopic (exact) mass is 490 g/mol. The molecule has 4 rings (SSSR count). The molecule has 0 saturated carbocycles. The van der Waals surface area contributed by atoms with Crippen LogP contribution in [0, 0.1) is 23.0 Å². The van der Waals surface area contributed by atoms with Crippen molar-refractivity contribution in [1.29, 1.82) is 0 Å². The van der Waals surface area contributed by atoms with Gasteiger partial charge in [0.25, 0.3) is 11.2 Å². The first kappa shape index (κ1) is 24.2. The number of halogens is 3. The second-order valence-electron chi connectivity index (χ2n) is 8.30. The Kier molecular flexibility index (Phi) is 6.46.